The van der Waals surface area contributed by atoms with Crippen molar-refractivity contribution in [2.75, 3.05) is 0 Å². The highest BCUT2D eigenvalue weighted by molar-refractivity contribution is 7.26. The monoisotopic (exact) mass is 752 g/mol. The van der Waals surface area contributed by atoms with Crippen molar-refractivity contribution in [1.82, 2.24) is 15.2 Å². The van der Waals surface area contributed by atoms with Crippen LogP contribution in [0.25, 0.3) is 70.3 Å². The summed E-state index contributed by atoms with van der Waals surface area (Å²) in [4.78, 5) is 5.31. The first-order valence-electron chi connectivity index (χ1n) is 19.6. The Morgan fingerprint density at radius 1 is 0.649 bits per heavy atom. The van der Waals surface area contributed by atoms with Gasteiger partial charge in [0.1, 0.15) is 29.5 Å². The number of aromatic nitrogens is 1. The first-order chi connectivity index (χ1) is 28.2. The van der Waals surface area contributed by atoms with Gasteiger partial charge in [-0.05, 0) is 59.5 Å². The van der Waals surface area contributed by atoms with Gasteiger partial charge in [-0.2, -0.15) is 0 Å². The summed E-state index contributed by atoms with van der Waals surface area (Å²) in [5.41, 5.74) is 11.7. The lowest BCUT2D eigenvalue weighted by Crippen LogP contribution is -2.45. The number of rotatable bonds is 5. The van der Waals surface area contributed by atoms with Crippen molar-refractivity contribution < 1.29 is 4.42 Å². The Hall–Kier alpha value is -6.73. The number of fused-ring (bicyclic) bond motifs is 9. The number of hydrogen-bond acceptors (Lipinski definition) is 5. The van der Waals surface area contributed by atoms with Crippen LogP contribution in [-0.2, 0) is 6.42 Å². The molecule has 2 unspecified atom stereocenters. The van der Waals surface area contributed by atoms with Crippen LogP contribution in [0.2, 0.25) is 0 Å². The molecule has 1 aliphatic heterocycles. The van der Waals surface area contributed by atoms with Crippen LogP contribution in [0, 0.1) is 0 Å². The second-order valence-corrected chi connectivity index (χ2v) is 16.1. The third-order valence-corrected chi connectivity index (χ3v) is 13.0. The summed E-state index contributed by atoms with van der Waals surface area (Å²) in [5.74, 6) is 1.91. The third-order valence-electron chi connectivity index (χ3n) is 11.8. The highest BCUT2D eigenvalue weighted by Crippen LogP contribution is 2.45. The number of thiophene rings is 1. The molecule has 0 radical (unpaired) electrons. The standard InChI is InChI=1S/C51H36N4OS/c1-3-13-31(14-4-1)49-52-50(32-15-5-2-6-16-32)54-51(53-49)40-21-12-24-45-47(40)41-29-33(25-28-44(41)56-45)35-19-11-20-39-38-27-26-34(30-46(38)57-48(35)39)55-42-22-9-7-17-36(42)37-18-8-10-23-43(37)55/h1-24,26-27,29-30,49,51,53H,25,28H2,(H,52,54). The summed E-state index contributed by atoms with van der Waals surface area (Å²) in [6.07, 6.45) is 3.76. The number of aryl methyl sites for hydroxylation is 1. The number of allylic oxidation sites excluding steroid dienone is 1. The SMILES string of the molecule is C1=C(c2cccc3c2sc2cc(-n4c5ccccc5c5ccccc54)ccc23)CCc2oc3cccc(C4N=C(c5ccccc5)NC(c5ccccc5)N4)c3c21. The average Bonchev–Trinajstić information content (AvgIpc) is 3.96. The van der Waals surface area contributed by atoms with Crippen molar-refractivity contribution in [2.24, 2.45) is 4.99 Å². The van der Waals surface area contributed by atoms with Crippen molar-refractivity contribution >= 4 is 81.8 Å². The molecule has 0 saturated heterocycles. The number of amidine groups is 1. The first-order valence-corrected chi connectivity index (χ1v) is 20.5. The lowest BCUT2D eigenvalue weighted by Gasteiger charge is -2.32. The van der Waals surface area contributed by atoms with E-state index in [1.165, 1.54) is 64.4 Å². The molecule has 5 nitrogen and oxygen atoms in total. The van der Waals surface area contributed by atoms with Crippen LogP contribution in [0.1, 0.15) is 52.3 Å². The summed E-state index contributed by atoms with van der Waals surface area (Å²) in [6, 6.07) is 58.6. The molecule has 7 aromatic carbocycles. The molecule has 2 N–H and O–H groups in total. The van der Waals surface area contributed by atoms with Crippen LogP contribution in [0.5, 0.6) is 0 Å². The maximum absolute atomic E-state index is 6.64. The Morgan fingerprint density at radius 2 is 1.37 bits per heavy atom. The predicted octanol–water partition coefficient (Wildman–Crippen LogP) is 12.7. The van der Waals surface area contributed by atoms with Crippen LogP contribution in [0.4, 0.5) is 0 Å². The van der Waals surface area contributed by atoms with Gasteiger partial charge in [-0.15, -0.1) is 11.3 Å². The molecule has 10 aromatic rings. The molecule has 272 valence electrons. The van der Waals surface area contributed by atoms with Crippen LogP contribution in [-0.4, -0.2) is 10.4 Å². The summed E-state index contributed by atoms with van der Waals surface area (Å²) in [7, 11) is 0. The fourth-order valence-corrected chi connectivity index (χ4v) is 10.5. The van der Waals surface area contributed by atoms with E-state index in [2.05, 4.69) is 179 Å². The number of hydrogen-bond donors (Lipinski definition) is 2. The number of furan rings is 1. The van der Waals surface area contributed by atoms with Crippen molar-refractivity contribution in [3.05, 3.63) is 197 Å². The molecule has 1 aliphatic carbocycles. The number of aliphatic imine (C=N–C) groups is 1. The Bertz CT molecular complexity index is 3210. The highest BCUT2D eigenvalue weighted by atomic mass is 32.1. The van der Waals surface area contributed by atoms with E-state index < -0.39 is 0 Å². The lowest BCUT2D eigenvalue weighted by molar-refractivity contribution is 0.410. The first kappa shape index (κ1) is 32.5. The molecule has 0 amide bonds. The highest BCUT2D eigenvalue weighted by Gasteiger charge is 2.29. The Morgan fingerprint density at radius 3 is 2.18 bits per heavy atom. The molecule has 0 fully saturated rings. The Kier molecular flexibility index (Phi) is 7.37. The fourth-order valence-electron chi connectivity index (χ4n) is 9.18. The smallest absolute Gasteiger partial charge is 0.135 e. The van der Waals surface area contributed by atoms with E-state index in [-0.39, 0.29) is 12.3 Å². The topological polar surface area (TPSA) is 54.5 Å². The van der Waals surface area contributed by atoms with E-state index in [9.17, 15) is 0 Å². The van der Waals surface area contributed by atoms with Gasteiger partial charge >= 0.3 is 0 Å². The quantitative estimate of drug-likeness (QED) is 0.184. The van der Waals surface area contributed by atoms with Gasteiger partial charge in [0, 0.05) is 65.1 Å². The van der Waals surface area contributed by atoms with Gasteiger partial charge in [0.15, 0.2) is 0 Å². The second-order valence-electron chi connectivity index (χ2n) is 15.1. The van der Waals surface area contributed by atoms with Gasteiger partial charge in [-0.25, -0.2) is 4.99 Å². The molecule has 0 spiro atoms. The zero-order valence-corrected chi connectivity index (χ0v) is 31.8. The average molecular weight is 753 g/mol. The molecular formula is C51H36N4OS. The van der Waals surface area contributed by atoms with E-state index in [4.69, 9.17) is 9.41 Å². The van der Waals surface area contributed by atoms with Gasteiger partial charge in [0.2, 0.25) is 0 Å². The van der Waals surface area contributed by atoms with Crippen molar-refractivity contribution in [3.63, 3.8) is 0 Å². The van der Waals surface area contributed by atoms with Crippen molar-refractivity contribution in [2.45, 2.75) is 25.2 Å². The van der Waals surface area contributed by atoms with Gasteiger partial charge in [-0.3, -0.25) is 5.32 Å². The Labute approximate surface area is 333 Å². The summed E-state index contributed by atoms with van der Waals surface area (Å²) < 4.78 is 11.7. The summed E-state index contributed by atoms with van der Waals surface area (Å²) in [5, 5.41) is 13.8. The van der Waals surface area contributed by atoms with Crippen LogP contribution < -0.4 is 10.6 Å². The van der Waals surface area contributed by atoms with E-state index >= 15 is 0 Å². The maximum atomic E-state index is 6.64. The second kappa shape index (κ2) is 12.9. The molecule has 0 saturated carbocycles. The fraction of sp³-hybridized carbons (Fsp3) is 0.0784. The van der Waals surface area contributed by atoms with Crippen LogP contribution in [0.3, 0.4) is 0 Å². The lowest BCUT2D eigenvalue weighted by atomic mass is 9.89. The summed E-state index contributed by atoms with van der Waals surface area (Å²) in [6.45, 7) is 0. The van der Waals surface area contributed by atoms with Crippen LogP contribution >= 0.6 is 11.3 Å². The van der Waals surface area contributed by atoms with Gasteiger partial charge in [0.25, 0.3) is 0 Å². The molecule has 2 atom stereocenters. The molecule has 4 heterocycles. The van der Waals surface area contributed by atoms with Gasteiger partial charge in [0.05, 0.1) is 11.0 Å². The third kappa shape index (κ3) is 5.22. The van der Waals surface area contributed by atoms with E-state index in [0.29, 0.717) is 0 Å². The number of nitrogens with zero attached hydrogens (tertiary/aromatic N) is 2. The zero-order valence-electron chi connectivity index (χ0n) is 30.9. The van der Waals surface area contributed by atoms with Crippen molar-refractivity contribution in [1.29, 1.82) is 0 Å². The van der Waals surface area contributed by atoms with Crippen LogP contribution in [0.15, 0.2) is 173 Å². The summed E-state index contributed by atoms with van der Waals surface area (Å²) >= 11 is 1.90. The molecule has 57 heavy (non-hydrogen) atoms. The normalized spacial score (nSPS) is 16.9. The minimum Gasteiger partial charge on any atom is -0.460 e. The Balaban J connectivity index is 0.978. The molecule has 3 aromatic heterocycles. The zero-order chi connectivity index (χ0) is 37.5. The molecular weight excluding hydrogens is 717 g/mol. The van der Waals surface area contributed by atoms with E-state index in [1.54, 1.807) is 0 Å². The minimum atomic E-state index is -0.286. The molecule has 12 rings (SSSR count). The molecule has 0 bridgehead atoms. The minimum absolute atomic E-state index is 0.117. The molecule has 6 heteroatoms. The maximum Gasteiger partial charge on any atom is 0.135 e. The largest absolute Gasteiger partial charge is 0.460 e. The number of nitrogens with one attached hydrogen (secondary N) is 2. The van der Waals surface area contributed by atoms with Crippen molar-refractivity contribution in [3.8, 4) is 5.69 Å². The number of benzene rings is 7. The van der Waals surface area contributed by atoms with E-state index in [1.807, 2.05) is 17.4 Å². The number of para-hydroxylation sites is 2. The van der Waals surface area contributed by atoms with E-state index in [0.717, 1.165) is 52.1 Å². The van der Waals surface area contributed by atoms with Gasteiger partial charge in [-0.1, -0.05) is 133 Å². The molecule has 2 aliphatic rings. The van der Waals surface area contributed by atoms with Gasteiger partial charge < -0.3 is 14.3 Å². The predicted molar refractivity (Wildman–Crippen MR) is 237 cm³/mol.